The molecule has 0 fully saturated rings. The molecule has 1 aromatic heterocycles. The number of aryl methyl sites for hydroxylation is 4. The Hall–Kier alpha value is -2.36. The summed E-state index contributed by atoms with van der Waals surface area (Å²) >= 11 is 0. The molecule has 1 amide bonds. The summed E-state index contributed by atoms with van der Waals surface area (Å²) in [6.07, 6.45) is 0. The Labute approximate surface area is 124 Å². The van der Waals surface area contributed by atoms with Gasteiger partial charge in [0.15, 0.2) is 0 Å². The van der Waals surface area contributed by atoms with E-state index in [-0.39, 0.29) is 5.91 Å². The van der Waals surface area contributed by atoms with Gasteiger partial charge in [-0.2, -0.15) is 5.10 Å². The van der Waals surface area contributed by atoms with Crippen LogP contribution in [0.2, 0.25) is 0 Å². The van der Waals surface area contributed by atoms with Crippen LogP contribution in [-0.2, 0) is 0 Å². The van der Waals surface area contributed by atoms with Crippen LogP contribution in [0.25, 0.3) is 0 Å². The van der Waals surface area contributed by atoms with Crippen LogP contribution in [0.5, 0.6) is 0 Å². The lowest BCUT2D eigenvalue weighted by Gasteiger charge is -2.05. The highest BCUT2D eigenvalue weighted by molar-refractivity contribution is 6.01. The highest BCUT2D eigenvalue weighted by Gasteiger charge is 2.12. The van der Waals surface area contributed by atoms with Crippen LogP contribution in [0, 0.1) is 27.7 Å². The number of nitrogens with zero attached hydrogens (tertiary/aromatic N) is 1. The molecule has 2 aromatic rings. The minimum absolute atomic E-state index is 0.257. The molecule has 1 aromatic carbocycles. The monoisotopic (exact) mass is 284 g/mol. The summed E-state index contributed by atoms with van der Waals surface area (Å²) in [6, 6.07) is 7.83. The van der Waals surface area contributed by atoms with E-state index in [1.165, 1.54) is 11.1 Å². The predicted octanol–water partition coefficient (Wildman–Crippen LogP) is 3.67. The third kappa shape index (κ3) is 3.40. The summed E-state index contributed by atoms with van der Waals surface area (Å²) in [4.78, 5) is 12.1. The van der Waals surface area contributed by atoms with E-state index in [1.54, 1.807) is 13.0 Å². The maximum atomic E-state index is 12.1. The van der Waals surface area contributed by atoms with Gasteiger partial charge in [0.25, 0.3) is 5.91 Å². The van der Waals surface area contributed by atoms with Crippen LogP contribution < -0.4 is 5.43 Å². The van der Waals surface area contributed by atoms with Gasteiger partial charge >= 0.3 is 0 Å². The van der Waals surface area contributed by atoms with Crippen molar-refractivity contribution in [1.82, 2.24) is 5.43 Å². The Morgan fingerprint density at radius 3 is 2.38 bits per heavy atom. The molecule has 0 saturated heterocycles. The van der Waals surface area contributed by atoms with E-state index in [2.05, 4.69) is 36.5 Å². The van der Waals surface area contributed by atoms with Gasteiger partial charge in [-0.25, -0.2) is 5.43 Å². The second kappa shape index (κ2) is 5.95. The topological polar surface area (TPSA) is 54.6 Å². The lowest BCUT2D eigenvalue weighted by molar-refractivity contribution is 0.0953. The number of furan rings is 1. The molecular weight excluding hydrogens is 264 g/mol. The lowest BCUT2D eigenvalue weighted by atomic mass is 10.0. The maximum absolute atomic E-state index is 12.1. The Morgan fingerprint density at radius 1 is 1.10 bits per heavy atom. The fraction of sp³-hybridized carbons (Fsp3) is 0.294. The molecule has 0 aliphatic rings. The van der Waals surface area contributed by atoms with Crippen LogP contribution in [0.3, 0.4) is 0 Å². The molecule has 0 saturated carbocycles. The number of amides is 1. The van der Waals surface area contributed by atoms with Gasteiger partial charge in [-0.05, 0) is 63.4 Å². The van der Waals surface area contributed by atoms with Crippen LogP contribution in [0.15, 0.2) is 33.8 Å². The average Bonchev–Trinajstić information content (AvgIpc) is 2.77. The van der Waals surface area contributed by atoms with E-state index in [9.17, 15) is 4.79 Å². The number of carbonyl (C=O) groups is 1. The quantitative estimate of drug-likeness (QED) is 0.690. The minimum atomic E-state index is -0.257. The van der Waals surface area contributed by atoms with Crippen LogP contribution in [-0.4, -0.2) is 11.6 Å². The van der Waals surface area contributed by atoms with Gasteiger partial charge in [-0.1, -0.05) is 12.1 Å². The third-order valence-corrected chi connectivity index (χ3v) is 3.54. The van der Waals surface area contributed by atoms with Crippen molar-refractivity contribution in [3.05, 3.63) is 58.0 Å². The van der Waals surface area contributed by atoms with Crippen LogP contribution in [0.1, 0.15) is 45.5 Å². The highest BCUT2D eigenvalue weighted by atomic mass is 16.3. The Kier molecular flexibility index (Phi) is 4.26. The summed E-state index contributed by atoms with van der Waals surface area (Å²) in [5.74, 6) is 1.06. The van der Waals surface area contributed by atoms with Gasteiger partial charge in [-0.15, -0.1) is 0 Å². The molecule has 0 atom stereocenters. The maximum Gasteiger partial charge on any atom is 0.274 e. The molecule has 0 unspecified atom stereocenters. The van der Waals surface area contributed by atoms with Crippen molar-refractivity contribution in [2.45, 2.75) is 34.6 Å². The summed E-state index contributed by atoms with van der Waals surface area (Å²) in [6.45, 7) is 9.58. The van der Waals surface area contributed by atoms with Crippen molar-refractivity contribution in [2.24, 2.45) is 5.10 Å². The first-order valence-electron chi connectivity index (χ1n) is 6.87. The number of hydrogen-bond acceptors (Lipinski definition) is 3. The summed E-state index contributed by atoms with van der Waals surface area (Å²) < 4.78 is 5.35. The second-order valence-corrected chi connectivity index (χ2v) is 5.26. The number of benzene rings is 1. The molecule has 0 aliphatic heterocycles. The number of nitrogens with one attached hydrogen (secondary N) is 1. The zero-order chi connectivity index (χ0) is 15.6. The fourth-order valence-electron chi connectivity index (χ4n) is 2.08. The smallest absolute Gasteiger partial charge is 0.274 e. The Bertz CT molecular complexity index is 712. The molecule has 4 heteroatoms. The van der Waals surface area contributed by atoms with Crippen molar-refractivity contribution in [1.29, 1.82) is 0 Å². The first-order chi connectivity index (χ1) is 9.88. The van der Waals surface area contributed by atoms with Gasteiger partial charge in [0.05, 0.1) is 11.3 Å². The van der Waals surface area contributed by atoms with Crippen LogP contribution in [0.4, 0.5) is 0 Å². The first kappa shape index (κ1) is 15.0. The highest BCUT2D eigenvalue weighted by Crippen LogP contribution is 2.14. The van der Waals surface area contributed by atoms with E-state index >= 15 is 0 Å². The molecule has 0 bridgehead atoms. The standard InChI is InChI=1S/C17H20N2O2/c1-10-6-7-15(8-11(10)2)13(4)18-19-17(20)16-9-12(3)21-14(16)5/h6-9H,1-5H3,(H,19,20). The molecule has 0 aliphatic carbocycles. The third-order valence-electron chi connectivity index (χ3n) is 3.54. The van der Waals surface area contributed by atoms with Crippen molar-refractivity contribution < 1.29 is 9.21 Å². The molecule has 4 nitrogen and oxygen atoms in total. The van der Waals surface area contributed by atoms with E-state index in [4.69, 9.17) is 4.42 Å². The average molecular weight is 284 g/mol. The molecule has 0 spiro atoms. The van der Waals surface area contributed by atoms with Crippen molar-refractivity contribution in [3.8, 4) is 0 Å². The number of carbonyl (C=O) groups excluding carboxylic acids is 1. The molecule has 21 heavy (non-hydrogen) atoms. The zero-order valence-corrected chi connectivity index (χ0v) is 13.1. The van der Waals surface area contributed by atoms with Crippen molar-refractivity contribution in [3.63, 3.8) is 0 Å². The van der Waals surface area contributed by atoms with E-state index < -0.39 is 0 Å². The van der Waals surface area contributed by atoms with Gasteiger partial charge in [0, 0.05) is 0 Å². The SMILES string of the molecule is CC(=NNC(=O)c1cc(C)oc1C)c1ccc(C)c(C)c1. The number of hydrogen-bond donors (Lipinski definition) is 1. The largest absolute Gasteiger partial charge is 0.466 e. The van der Waals surface area contributed by atoms with Crippen molar-refractivity contribution >= 4 is 11.6 Å². The molecule has 110 valence electrons. The van der Waals surface area contributed by atoms with Gasteiger partial charge in [0.1, 0.15) is 11.5 Å². The normalized spacial score (nSPS) is 11.6. The van der Waals surface area contributed by atoms with Gasteiger partial charge in [0.2, 0.25) is 0 Å². The summed E-state index contributed by atoms with van der Waals surface area (Å²) in [5.41, 5.74) is 7.30. The summed E-state index contributed by atoms with van der Waals surface area (Å²) in [5, 5.41) is 4.17. The molecular formula is C17H20N2O2. The Balaban J connectivity index is 2.14. The van der Waals surface area contributed by atoms with Crippen molar-refractivity contribution in [2.75, 3.05) is 0 Å². The molecule has 1 N–H and O–H groups in total. The molecule has 1 heterocycles. The van der Waals surface area contributed by atoms with E-state index in [1.807, 2.05) is 19.9 Å². The number of rotatable bonds is 3. The predicted molar refractivity (Wildman–Crippen MR) is 83.8 cm³/mol. The Morgan fingerprint density at radius 2 is 1.81 bits per heavy atom. The minimum Gasteiger partial charge on any atom is -0.466 e. The zero-order valence-electron chi connectivity index (χ0n) is 13.1. The molecule has 2 rings (SSSR count). The second-order valence-electron chi connectivity index (χ2n) is 5.26. The summed E-state index contributed by atoms with van der Waals surface area (Å²) in [7, 11) is 0. The molecule has 0 radical (unpaired) electrons. The first-order valence-corrected chi connectivity index (χ1v) is 6.87. The van der Waals surface area contributed by atoms with Crippen LogP contribution >= 0.6 is 0 Å². The van der Waals surface area contributed by atoms with Gasteiger partial charge in [-0.3, -0.25) is 4.79 Å². The fourth-order valence-corrected chi connectivity index (χ4v) is 2.08. The van der Waals surface area contributed by atoms with Gasteiger partial charge < -0.3 is 4.42 Å². The van der Waals surface area contributed by atoms with E-state index in [0.29, 0.717) is 17.1 Å². The van der Waals surface area contributed by atoms with E-state index in [0.717, 1.165) is 11.3 Å². The lowest BCUT2D eigenvalue weighted by Crippen LogP contribution is -2.19. The number of hydrazone groups is 1.